The Morgan fingerprint density at radius 3 is 2.61 bits per heavy atom. The molecule has 0 atom stereocenters. The Morgan fingerprint density at radius 2 is 2.06 bits per heavy atom. The normalized spacial score (nSPS) is 16.0. The van der Waals surface area contributed by atoms with Crippen LogP contribution in [-0.4, -0.2) is 13.2 Å². The largest absolute Gasteiger partial charge is 0.415 e. The van der Waals surface area contributed by atoms with Crippen molar-refractivity contribution in [1.29, 1.82) is 0 Å². The molecule has 18 heavy (non-hydrogen) atoms. The highest BCUT2D eigenvalue weighted by Crippen LogP contribution is 2.38. The van der Waals surface area contributed by atoms with Crippen molar-refractivity contribution in [3.05, 3.63) is 46.8 Å². The average molecular weight is 253 g/mol. The van der Waals surface area contributed by atoms with Gasteiger partial charge in [0.25, 0.3) is 0 Å². The van der Waals surface area contributed by atoms with Crippen LogP contribution in [0.25, 0.3) is 10.4 Å². The predicted octanol–water partition coefficient (Wildman–Crippen LogP) is 4.06. The summed E-state index contributed by atoms with van der Waals surface area (Å²) in [6.07, 6.45) is -2.33. The Morgan fingerprint density at radius 1 is 1.28 bits per heavy atom. The van der Waals surface area contributed by atoms with Crippen LogP contribution >= 0.6 is 0 Å². The zero-order valence-corrected chi connectivity index (χ0v) is 9.42. The molecule has 1 aliphatic heterocycles. The second-order valence-electron chi connectivity index (χ2n) is 3.89. The van der Waals surface area contributed by atoms with Gasteiger partial charge in [-0.3, -0.25) is 0 Å². The molecule has 0 fully saturated rings. The van der Waals surface area contributed by atoms with E-state index in [4.69, 9.17) is 11.3 Å². The van der Waals surface area contributed by atoms with Crippen molar-refractivity contribution in [2.24, 2.45) is 0 Å². The lowest BCUT2D eigenvalue weighted by atomic mass is 9.95. The van der Waals surface area contributed by atoms with Crippen LogP contribution in [0.1, 0.15) is 17.5 Å². The molecule has 0 amide bonds. The molecule has 0 saturated heterocycles. The highest BCUT2D eigenvalue weighted by atomic mass is 19.4. The summed E-state index contributed by atoms with van der Waals surface area (Å²) >= 11 is 0. The molecule has 5 heteroatoms. The molecule has 0 aliphatic carbocycles. The van der Waals surface area contributed by atoms with Crippen LogP contribution in [0.15, 0.2) is 24.3 Å². The molecule has 0 radical (unpaired) electrons. The van der Waals surface area contributed by atoms with Gasteiger partial charge in [0.1, 0.15) is 0 Å². The van der Waals surface area contributed by atoms with E-state index < -0.39 is 11.7 Å². The summed E-state index contributed by atoms with van der Waals surface area (Å²) in [4.78, 5) is 3.04. The quantitative estimate of drug-likeness (QED) is 0.688. The van der Waals surface area contributed by atoms with Crippen LogP contribution in [0.4, 0.5) is 18.9 Å². The highest BCUT2D eigenvalue weighted by Gasteiger charge is 2.34. The third kappa shape index (κ3) is 2.54. The highest BCUT2D eigenvalue weighted by molar-refractivity contribution is 5.71. The lowest BCUT2D eigenvalue weighted by molar-refractivity contribution is -0.137. The minimum Gasteiger partial charge on any atom is -0.377 e. The summed E-state index contributed by atoms with van der Waals surface area (Å²) in [5, 5.41) is 0. The number of rotatable bonds is 1. The molecule has 2 rings (SSSR count). The zero-order valence-electron chi connectivity index (χ0n) is 9.42. The molecule has 94 valence electrons. The number of ether oxygens (including phenoxy) is 1. The van der Waals surface area contributed by atoms with E-state index in [2.05, 4.69) is 4.85 Å². The molecule has 0 saturated carbocycles. The van der Waals surface area contributed by atoms with Gasteiger partial charge in [-0.2, -0.15) is 13.2 Å². The van der Waals surface area contributed by atoms with Crippen molar-refractivity contribution < 1.29 is 17.9 Å². The number of hydrogen-bond donors (Lipinski definition) is 0. The van der Waals surface area contributed by atoms with Crippen molar-refractivity contribution in [3.8, 4) is 0 Å². The summed E-state index contributed by atoms with van der Waals surface area (Å²) in [5.74, 6) is 0. The lowest BCUT2D eigenvalue weighted by Crippen LogP contribution is -2.11. The molecule has 2 nitrogen and oxygen atoms in total. The second kappa shape index (κ2) is 4.83. The zero-order chi connectivity index (χ0) is 13.2. The molecule has 1 heterocycles. The molecular weight excluding hydrogens is 243 g/mol. The van der Waals surface area contributed by atoms with Crippen LogP contribution in [0.2, 0.25) is 0 Å². The fourth-order valence-electron chi connectivity index (χ4n) is 1.89. The molecular formula is C13H10F3NO. The summed E-state index contributed by atoms with van der Waals surface area (Å²) in [5.41, 5.74) is 0.0335. The number of benzene rings is 1. The SMILES string of the molecule is [C-]#[N+]c1ccc(C2=CCOCC2)c(C(F)(F)F)c1. The lowest BCUT2D eigenvalue weighted by Gasteiger charge is -2.18. The fraction of sp³-hybridized carbons (Fsp3) is 0.308. The second-order valence-corrected chi connectivity index (χ2v) is 3.89. The monoisotopic (exact) mass is 253 g/mol. The van der Waals surface area contributed by atoms with E-state index in [0.29, 0.717) is 25.2 Å². The number of alkyl halides is 3. The standard InChI is InChI=1S/C13H10F3NO/c1-17-10-2-3-11(9-4-6-18-7-5-9)12(8-10)13(14,15)16/h2-4,8H,5-7H2. The first-order valence-corrected chi connectivity index (χ1v) is 5.38. The van der Waals surface area contributed by atoms with Crippen molar-refractivity contribution in [2.45, 2.75) is 12.6 Å². The van der Waals surface area contributed by atoms with Crippen LogP contribution < -0.4 is 0 Å². The summed E-state index contributed by atoms with van der Waals surface area (Å²) in [6.45, 7) is 7.54. The first-order valence-electron chi connectivity index (χ1n) is 5.38. The van der Waals surface area contributed by atoms with E-state index in [1.165, 1.54) is 12.1 Å². The number of nitrogens with zero attached hydrogens (tertiary/aromatic N) is 1. The number of halogens is 3. The van der Waals surface area contributed by atoms with Crippen molar-refractivity contribution in [2.75, 3.05) is 13.2 Å². The minimum absolute atomic E-state index is 0.00117. The minimum atomic E-state index is -4.45. The molecule has 1 aliphatic rings. The topological polar surface area (TPSA) is 13.6 Å². The summed E-state index contributed by atoms with van der Waals surface area (Å²) < 4.78 is 44.0. The molecule has 1 aromatic carbocycles. The Labute approximate surface area is 103 Å². The maximum atomic E-state index is 13.0. The first kappa shape index (κ1) is 12.7. The van der Waals surface area contributed by atoms with Crippen LogP contribution in [0.3, 0.4) is 0 Å². The maximum absolute atomic E-state index is 13.0. The predicted molar refractivity (Wildman–Crippen MR) is 61.1 cm³/mol. The summed E-state index contributed by atoms with van der Waals surface area (Å²) in [7, 11) is 0. The van der Waals surface area contributed by atoms with Gasteiger partial charge in [-0.05, 0) is 23.6 Å². The van der Waals surface area contributed by atoms with Gasteiger partial charge in [-0.25, -0.2) is 4.85 Å². The molecule has 0 bridgehead atoms. The van der Waals surface area contributed by atoms with Crippen LogP contribution in [0, 0.1) is 6.57 Å². The van der Waals surface area contributed by atoms with E-state index in [1.54, 1.807) is 6.08 Å². The van der Waals surface area contributed by atoms with Gasteiger partial charge in [-0.15, -0.1) is 0 Å². The van der Waals surface area contributed by atoms with E-state index >= 15 is 0 Å². The average Bonchev–Trinajstić information content (AvgIpc) is 2.38. The van der Waals surface area contributed by atoms with E-state index in [-0.39, 0.29) is 11.3 Å². The molecule has 0 unspecified atom stereocenters. The van der Waals surface area contributed by atoms with Gasteiger partial charge >= 0.3 is 6.18 Å². The van der Waals surface area contributed by atoms with Gasteiger partial charge < -0.3 is 4.74 Å². The number of hydrogen-bond acceptors (Lipinski definition) is 1. The summed E-state index contributed by atoms with van der Waals surface area (Å²) in [6, 6.07) is 3.68. The van der Waals surface area contributed by atoms with Crippen molar-refractivity contribution in [1.82, 2.24) is 0 Å². The third-order valence-corrected chi connectivity index (χ3v) is 2.75. The molecule has 0 spiro atoms. The van der Waals surface area contributed by atoms with Gasteiger partial charge in [-0.1, -0.05) is 18.2 Å². The fourth-order valence-corrected chi connectivity index (χ4v) is 1.89. The van der Waals surface area contributed by atoms with Gasteiger partial charge in [0.15, 0.2) is 5.69 Å². The van der Waals surface area contributed by atoms with Gasteiger partial charge in [0.05, 0.1) is 25.3 Å². The van der Waals surface area contributed by atoms with Crippen LogP contribution in [-0.2, 0) is 10.9 Å². The van der Waals surface area contributed by atoms with E-state index in [0.717, 1.165) is 6.07 Å². The Bertz CT molecular complexity index is 526. The van der Waals surface area contributed by atoms with Crippen molar-refractivity contribution >= 4 is 11.3 Å². The molecule has 0 aromatic heterocycles. The molecule has 1 aromatic rings. The van der Waals surface area contributed by atoms with Crippen molar-refractivity contribution in [3.63, 3.8) is 0 Å². The third-order valence-electron chi connectivity index (χ3n) is 2.75. The Hall–Kier alpha value is -1.80. The van der Waals surface area contributed by atoms with Gasteiger partial charge in [0.2, 0.25) is 0 Å². The van der Waals surface area contributed by atoms with E-state index in [1.807, 2.05) is 0 Å². The maximum Gasteiger partial charge on any atom is 0.415 e. The van der Waals surface area contributed by atoms with Gasteiger partial charge in [0, 0.05) is 0 Å². The Balaban J connectivity index is 2.53. The smallest absolute Gasteiger partial charge is 0.377 e. The van der Waals surface area contributed by atoms with E-state index in [9.17, 15) is 13.2 Å². The van der Waals surface area contributed by atoms with Crippen LogP contribution in [0.5, 0.6) is 0 Å². The Kier molecular flexibility index (Phi) is 3.39. The molecule has 0 N–H and O–H groups in total. The first-order chi connectivity index (χ1) is 8.52.